The van der Waals surface area contributed by atoms with Crippen LogP contribution in [0.5, 0.6) is 0 Å². The molecule has 0 unspecified atom stereocenters. The van der Waals surface area contributed by atoms with Gasteiger partial charge in [0.1, 0.15) is 0 Å². The van der Waals surface area contributed by atoms with Crippen LogP contribution in [0.3, 0.4) is 0 Å². The van der Waals surface area contributed by atoms with E-state index >= 15 is 0 Å². The van der Waals surface area contributed by atoms with Crippen LogP contribution < -0.4 is 0 Å². The van der Waals surface area contributed by atoms with Crippen molar-refractivity contribution in [1.29, 1.82) is 0 Å². The van der Waals surface area contributed by atoms with Crippen molar-refractivity contribution in [3.05, 3.63) is 48.3 Å². The molecule has 1 heterocycles. The largest absolute Gasteiger partial charge is 0.500 e. The van der Waals surface area contributed by atoms with Crippen molar-refractivity contribution in [2.45, 2.75) is 39.7 Å². The molecule has 7 heteroatoms. The topological polar surface area (TPSA) is 34.2 Å². The van der Waals surface area contributed by atoms with Crippen LogP contribution in [0.4, 0.5) is 0 Å². The number of hydrogen-bond donors (Lipinski definition) is 0. The van der Waals surface area contributed by atoms with E-state index in [9.17, 15) is 0 Å². The first-order valence-corrected chi connectivity index (χ1v) is 11.8. The van der Waals surface area contributed by atoms with E-state index in [4.69, 9.17) is 13.3 Å². The minimum Gasteiger partial charge on any atom is -0.374 e. The SMILES string of the molecule is CCO[Si](CCCN1C=CN(CCc2ccccc2)C1)(OCC)OCC.Cl. The Morgan fingerprint density at radius 3 is 1.96 bits per heavy atom. The summed E-state index contributed by atoms with van der Waals surface area (Å²) in [5.41, 5.74) is 1.39. The summed E-state index contributed by atoms with van der Waals surface area (Å²) in [6.07, 6.45) is 6.48. The lowest BCUT2D eigenvalue weighted by molar-refractivity contribution is 0.0701. The fourth-order valence-electron chi connectivity index (χ4n) is 3.22. The third-order valence-corrected chi connectivity index (χ3v) is 7.55. The van der Waals surface area contributed by atoms with Gasteiger partial charge in [-0.05, 0) is 39.2 Å². The van der Waals surface area contributed by atoms with Crippen LogP contribution in [0.25, 0.3) is 0 Å². The van der Waals surface area contributed by atoms with E-state index in [0.29, 0.717) is 19.8 Å². The Bertz CT molecular complexity index is 516. The van der Waals surface area contributed by atoms with Crippen LogP contribution in [-0.4, -0.2) is 58.2 Å². The molecule has 0 bridgehead atoms. The minimum absolute atomic E-state index is 0. The van der Waals surface area contributed by atoms with E-state index in [1.165, 1.54) is 5.56 Å². The lowest BCUT2D eigenvalue weighted by Gasteiger charge is -2.29. The molecule has 154 valence electrons. The molecule has 0 atom stereocenters. The third kappa shape index (κ3) is 8.23. The zero-order valence-electron chi connectivity index (χ0n) is 16.9. The molecule has 1 aromatic carbocycles. The Balaban J connectivity index is 0.00000364. The van der Waals surface area contributed by atoms with Crippen LogP contribution in [-0.2, 0) is 19.7 Å². The minimum atomic E-state index is -2.51. The van der Waals surface area contributed by atoms with Gasteiger partial charge in [-0.3, -0.25) is 0 Å². The fourth-order valence-corrected chi connectivity index (χ4v) is 5.82. The fraction of sp³-hybridized carbons (Fsp3) is 0.600. The van der Waals surface area contributed by atoms with E-state index in [1.807, 2.05) is 20.8 Å². The maximum Gasteiger partial charge on any atom is 0.500 e. The van der Waals surface area contributed by atoms with Gasteiger partial charge >= 0.3 is 8.80 Å². The van der Waals surface area contributed by atoms with Crippen LogP contribution in [0.15, 0.2) is 42.7 Å². The first kappa shape index (κ1) is 24.0. The molecular weight excluding hydrogens is 380 g/mol. The zero-order chi connectivity index (χ0) is 18.7. The Kier molecular flexibility index (Phi) is 11.7. The maximum absolute atomic E-state index is 5.93. The molecule has 0 aliphatic carbocycles. The number of halogens is 1. The van der Waals surface area contributed by atoms with Crippen molar-refractivity contribution >= 4 is 21.2 Å². The number of rotatable bonds is 13. The summed E-state index contributed by atoms with van der Waals surface area (Å²) >= 11 is 0. The highest BCUT2D eigenvalue weighted by atomic mass is 35.5. The van der Waals surface area contributed by atoms with Gasteiger partial charge in [0.25, 0.3) is 0 Å². The molecule has 5 nitrogen and oxygen atoms in total. The molecule has 27 heavy (non-hydrogen) atoms. The van der Waals surface area contributed by atoms with Crippen molar-refractivity contribution < 1.29 is 13.3 Å². The second-order valence-electron chi connectivity index (χ2n) is 6.39. The van der Waals surface area contributed by atoms with E-state index in [2.05, 4.69) is 52.5 Å². The second kappa shape index (κ2) is 13.2. The van der Waals surface area contributed by atoms with E-state index < -0.39 is 8.80 Å². The first-order chi connectivity index (χ1) is 12.7. The van der Waals surface area contributed by atoms with E-state index in [0.717, 1.165) is 38.6 Å². The Morgan fingerprint density at radius 1 is 0.852 bits per heavy atom. The van der Waals surface area contributed by atoms with Gasteiger partial charge in [0.2, 0.25) is 0 Å². The number of hydrogen-bond acceptors (Lipinski definition) is 5. The van der Waals surface area contributed by atoms with Gasteiger partial charge in [0, 0.05) is 51.4 Å². The van der Waals surface area contributed by atoms with Gasteiger partial charge in [-0.1, -0.05) is 30.3 Å². The predicted molar refractivity (Wildman–Crippen MR) is 115 cm³/mol. The highest BCUT2D eigenvalue weighted by molar-refractivity contribution is 6.60. The van der Waals surface area contributed by atoms with Gasteiger partial charge in [0.15, 0.2) is 0 Å². The molecule has 0 spiro atoms. The summed E-state index contributed by atoms with van der Waals surface area (Å²) in [5.74, 6) is 0. The molecule has 0 radical (unpaired) electrons. The third-order valence-electron chi connectivity index (χ3n) is 4.40. The smallest absolute Gasteiger partial charge is 0.374 e. The standard InChI is InChI=1S/C20H34N2O3Si.ClH/c1-4-23-26(24-5-2,25-6-3)18-10-14-21-16-17-22(19-21)15-13-20-11-8-7-9-12-20;/h7-9,11-12,16-17H,4-6,10,13-15,18-19H2,1-3H3;1H. The molecule has 2 rings (SSSR count). The maximum atomic E-state index is 5.93. The average Bonchev–Trinajstić information content (AvgIpc) is 3.09. The molecule has 0 saturated carbocycles. The molecule has 0 amide bonds. The highest BCUT2D eigenvalue weighted by Gasteiger charge is 2.39. The second-order valence-corrected chi connectivity index (χ2v) is 9.12. The Labute approximate surface area is 172 Å². The van der Waals surface area contributed by atoms with Crippen LogP contribution >= 0.6 is 12.4 Å². The molecule has 1 aromatic rings. The summed E-state index contributed by atoms with van der Waals surface area (Å²) in [6, 6.07) is 11.5. The van der Waals surface area contributed by atoms with Crippen molar-refractivity contribution in [3.8, 4) is 0 Å². The van der Waals surface area contributed by atoms with Gasteiger partial charge < -0.3 is 23.1 Å². The summed E-state index contributed by atoms with van der Waals surface area (Å²) in [5, 5.41) is 0. The van der Waals surface area contributed by atoms with Crippen molar-refractivity contribution in [2.75, 3.05) is 39.6 Å². The lowest BCUT2D eigenvalue weighted by Crippen LogP contribution is -2.46. The van der Waals surface area contributed by atoms with Gasteiger partial charge in [-0.15, -0.1) is 12.4 Å². The van der Waals surface area contributed by atoms with Gasteiger partial charge in [0.05, 0.1) is 6.67 Å². The Hall–Kier alpha value is -1.05. The van der Waals surface area contributed by atoms with E-state index in [-0.39, 0.29) is 12.4 Å². The van der Waals surface area contributed by atoms with Crippen LogP contribution in [0.2, 0.25) is 6.04 Å². The molecule has 1 aliphatic rings. The monoisotopic (exact) mass is 414 g/mol. The predicted octanol–water partition coefficient (Wildman–Crippen LogP) is 4.14. The summed E-state index contributed by atoms with van der Waals surface area (Å²) in [7, 11) is -2.51. The molecular formula is C20H35ClN2O3Si. The number of nitrogens with zero attached hydrogens (tertiary/aromatic N) is 2. The van der Waals surface area contributed by atoms with Crippen molar-refractivity contribution in [2.24, 2.45) is 0 Å². The molecule has 1 aliphatic heterocycles. The molecule has 0 saturated heterocycles. The first-order valence-electron chi connectivity index (χ1n) is 9.83. The highest BCUT2D eigenvalue weighted by Crippen LogP contribution is 2.19. The summed E-state index contributed by atoms with van der Waals surface area (Å²) in [4.78, 5) is 4.72. The van der Waals surface area contributed by atoms with Crippen molar-refractivity contribution in [3.63, 3.8) is 0 Å². The van der Waals surface area contributed by atoms with Gasteiger partial charge in [-0.2, -0.15) is 0 Å². The average molecular weight is 415 g/mol. The van der Waals surface area contributed by atoms with Crippen LogP contribution in [0, 0.1) is 0 Å². The quantitative estimate of drug-likeness (QED) is 0.453. The normalized spacial score (nSPS) is 13.9. The van der Waals surface area contributed by atoms with Gasteiger partial charge in [-0.25, -0.2) is 0 Å². The van der Waals surface area contributed by atoms with Crippen molar-refractivity contribution in [1.82, 2.24) is 9.80 Å². The molecule has 0 N–H and O–H groups in total. The Morgan fingerprint density at radius 2 is 1.41 bits per heavy atom. The summed E-state index contributed by atoms with van der Waals surface area (Å²) < 4.78 is 17.8. The lowest BCUT2D eigenvalue weighted by atomic mass is 10.1. The summed E-state index contributed by atoms with van der Waals surface area (Å²) in [6.45, 7) is 11.0. The zero-order valence-corrected chi connectivity index (χ0v) is 18.7. The van der Waals surface area contributed by atoms with Crippen LogP contribution in [0.1, 0.15) is 32.8 Å². The molecule has 0 fully saturated rings. The molecule has 0 aromatic heterocycles. The van der Waals surface area contributed by atoms with E-state index in [1.54, 1.807) is 0 Å². The number of benzene rings is 1.